The van der Waals surface area contributed by atoms with Gasteiger partial charge in [-0.25, -0.2) is 9.18 Å². The maximum absolute atomic E-state index is 13.3. The van der Waals surface area contributed by atoms with Crippen LogP contribution in [0.15, 0.2) is 60.0 Å². The number of halogens is 1. The molecule has 4 rings (SSSR count). The van der Waals surface area contributed by atoms with Crippen LogP contribution >= 0.6 is 11.3 Å². The first kappa shape index (κ1) is 19.3. The molecular formula is C23H20FNO3S. The molecule has 2 unspecified atom stereocenters. The molecule has 1 fully saturated rings. The Hall–Kier alpha value is -2.99. The minimum atomic E-state index is -0.501. The van der Waals surface area contributed by atoms with Gasteiger partial charge in [-0.2, -0.15) is 0 Å². The zero-order valence-electron chi connectivity index (χ0n) is 15.9. The van der Waals surface area contributed by atoms with Crippen molar-refractivity contribution in [3.8, 4) is 11.1 Å². The summed E-state index contributed by atoms with van der Waals surface area (Å²) >= 11 is 1.27. The minimum absolute atomic E-state index is 0.100. The number of benzene rings is 2. The molecule has 148 valence electrons. The van der Waals surface area contributed by atoms with Gasteiger partial charge >= 0.3 is 5.97 Å². The van der Waals surface area contributed by atoms with E-state index < -0.39 is 5.97 Å². The Labute approximate surface area is 172 Å². The Morgan fingerprint density at radius 3 is 2.55 bits per heavy atom. The van der Waals surface area contributed by atoms with Crippen molar-refractivity contribution in [3.05, 3.63) is 76.9 Å². The smallest absolute Gasteiger partial charge is 0.341 e. The first-order valence-electron chi connectivity index (χ1n) is 9.48. The molecule has 0 aliphatic heterocycles. The summed E-state index contributed by atoms with van der Waals surface area (Å²) in [6.07, 6.45) is 0.792. The second-order valence-electron chi connectivity index (χ2n) is 6.93. The molecule has 1 saturated carbocycles. The lowest BCUT2D eigenvalue weighted by Crippen LogP contribution is -2.16. The summed E-state index contributed by atoms with van der Waals surface area (Å²) in [4.78, 5) is 25.4. The van der Waals surface area contributed by atoms with E-state index in [0.717, 1.165) is 12.0 Å². The molecule has 3 aromatic rings. The second-order valence-corrected chi connectivity index (χ2v) is 7.81. The monoisotopic (exact) mass is 409 g/mol. The Balaban J connectivity index is 1.58. The van der Waals surface area contributed by atoms with Crippen molar-refractivity contribution in [2.24, 2.45) is 5.92 Å². The average Bonchev–Trinajstić information content (AvgIpc) is 3.43. The van der Waals surface area contributed by atoms with Crippen LogP contribution in [-0.4, -0.2) is 18.5 Å². The van der Waals surface area contributed by atoms with Crippen LogP contribution in [0.5, 0.6) is 0 Å². The summed E-state index contributed by atoms with van der Waals surface area (Å²) in [6, 6.07) is 15.8. The highest BCUT2D eigenvalue weighted by Gasteiger charge is 2.44. The van der Waals surface area contributed by atoms with E-state index in [1.807, 2.05) is 30.3 Å². The maximum Gasteiger partial charge on any atom is 0.341 e. The standard InChI is InChI=1S/C23H20FNO3S/c1-2-28-23(27)20-19(15-8-10-16(24)11-9-15)13-29-22(20)25-21(26)18-12-17(18)14-6-4-3-5-7-14/h3-11,13,17-18H,2,12H2,1H3,(H,25,26). The Morgan fingerprint density at radius 2 is 1.86 bits per heavy atom. The summed E-state index contributed by atoms with van der Waals surface area (Å²) in [5.74, 6) is -0.853. The SMILES string of the molecule is CCOC(=O)c1c(-c2ccc(F)cc2)csc1NC(=O)C1CC1c1ccccc1. The summed E-state index contributed by atoms with van der Waals surface area (Å²) in [6.45, 7) is 1.96. The summed E-state index contributed by atoms with van der Waals surface area (Å²) in [5, 5.41) is 5.17. The molecule has 1 heterocycles. The third kappa shape index (κ3) is 4.07. The number of rotatable bonds is 6. The van der Waals surface area contributed by atoms with Gasteiger partial charge in [0.05, 0.1) is 6.61 Å². The number of anilines is 1. The third-order valence-electron chi connectivity index (χ3n) is 5.02. The number of thiophene rings is 1. The molecule has 1 amide bonds. The van der Waals surface area contributed by atoms with Gasteiger partial charge in [0.25, 0.3) is 0 Å². The van der Waals surface area contributed by atoms with Crippen LogP contribution in [0.2, 0.25) is 0 Å². The second kappa shape index (κ2) is 8.17. The van der Waals surface area contributed by atoms with E-state index >= 15 is 0 Å². The number of nitrogens with one attached hydrogen (secondary N) is 1. The number of carbonyl (C=O) groups is 2. The van der Waals surface area contributed by atoms with Crippen molar-refractivity contribution in [1.82, 2.24) is 0 Å². The van der Waals surface area contributed by atoms with Gasteiger partial charge in [-0.1, -0.05) is 42.5 Å². The lowest BCUT2D eigenvalue weighted by atomic mass is 10.0. The Morgan fingerprint density at radius 1 is 1.14 bits per heavy atom. The van der Waals surface area contributed by atoms with Crippen molar-refractivity contribution in [1.29, 1.82) is 0 Å². The first-order valence-corrected chi connectivity index (χ1v) is 10.4. The van der Waals surface area contributed by atoms with Crippen LogP contribution in [0.3, 0.4) is 0 Å². The van der Waals surface area contributed by atoms with Gasteiger partial charge in [0.2, 0.25) is 5.91 Å². The van der Waals surface area contributed by atoms with Crippen molar-refractivity contribution in [3.63, 3.8) is 0 Å². The van der Waals surface area contributed by atoms with Gasteiger partial charge in [0.15, 0.2) is 0 Å². The fourth-order valence-corrected chi connectivity index (χ4v) is 4.42. The fraction of sp³-hybridized carbons (Fsp3) is 0.217. The molecule has 4 nitrogen and oxygen atoms in total. The van der Waals surface area contributed by atoms with Gasteiger partial charge in [0.1, 0.15) is 16.4 Å². The van der Waals surface area contributed by atoms with E-state index in [1.165, 1.54) is 23.5 Å². The summed E-state index contributed by atoms with van der Waals surface area (Å²) in [7, 11) is 0. The van der Waals surface area contributed by atoms with Crippen molar-refractivity contribution in [2.75, 3.05) is 11.9 Å². The van der Waals surface area contributed by atoms with Gasteiger partial charge in [0, 0.05) is 16.9 Å². The molecule has 0 radical (unpaired) electrons. The van der Waals surface area contributed by atoms with Crippen LogP contribution in [0.25, 0.3) is 11.1 Å². The van der Waals surface area contributed by atoms with Gasteiger partial charge in [-0.15, -0.1) is 11.3 Å². The predicted molar refractivity (Wildman–Crippen MR) is 112 cm³/mol. The number of carbonyl (C=O) groups excluding carboxylic acids is 2. The molecule has 1 aliphatic carbocycles. The topological polar surface area (TPSA) is 55.4 Å². The molecule has 1 aliphatic rings. The van der Waals surface area contributed by atoms with E-state index in [2.05, 4.69) is 5.32 Å². The van der Waals surface area contributed by atoms with E-state index in [9.17, 15) is 14.0 Å². The highest BCUT2D eigenvalue weighted by molar-refractivity contribution is 7.15. The summed E-state index contributed by atoms with van der Waals surface area (Å²) in [5.41, 5.74) is 2.78. The Bertz CT molecular complexity index is 1030. The van der Waals surface area contributed by atoms with E-state index in [4.69, 9.17) is 4.74 Å². The largest absolute Gasteiger partial charge is 0.462 e. The van der Waals surface area contributed by atoms with Crippen molar-refractivity contribution in [2.45, 2.75) is 19.3 Å². The quantitative estimate of drug-likeness (QED) is 0.549. The van der Waals surface area contributed by atoms with Crippen LogP contribution in [0.4, 0.5) is 9.39 Å². The molecule has 1 aromatic heterocycles. The number of ether oxygens (including phenoxy) is 1. The van der Waals surface area contributed by atoms with Crippen LogP contribution in [0, 0.1) is 11.7 Å². The van der Waals surface area contributed by atoms with Gasteiger partial charge < -0.3 is 10.1 Å². The van der Waals surface area contributed by atoms with Gasteiger partial charge in [-0.05, 0) is 42.5 Å². The molecule has 29 heavy (non-hydrogen) atoms. The zero-order chi connectivity index (χ0) is 20.4. The highest BCUT2D eigenvalue weighted by Crippen LogP contribution is 2.48. The van der Waals surface area contributed by atoms with Crippen molar-refractivity contribution >= 4 is 28.2 Å². The molecular weight excluding hydrogens is 389 g/mol. The van der Waals surface area contributed by atoms with Crippen LogP contribution in [-0.2, 0) is 9.53 Å². The molecule has 2 atom stereocenters. The van der Waals surface area contributed by atoms with Crippen LogP contribution in [0.1, 0.15) is 35.2 Å². The number of hydrogen-bond acceptors (Lipinski definition) is 4. The summed E-state index contributed by atoms with van der Waals surface area (Å²) < 4.78 is 18.5. The third-order valence-corrected chi connectivity index (χ3v) is 5.91. The molecule has 0 spiro atoms. The van der Waals surface area contributed by atoms with Gasteiger partial charge in [-0.3, -0.25) is 4.79 Å². The average molecular weight is 409 g/mol. The van der Waals surface area contributed by atoms with E-state index in [0.29, 0.717) is 21.7 Å². The first-order chi connectivity index (χ1) is 14.1. The lowest BCUT2D eigenvalue weighted by molar-refractivity contribution is -0.117. The van der Waals surface area contributed by atoms with E-state index in [-0.39, 0.29) is 30.2 Å². The van der Waals surface area contributed by atoms with Crippen LogP contribution < -0.4 is 5.32 Å². The normalized spacial score (nSPS) is 17.6. The zero-order valence-corrected chi connectivity index (χ0v) is 16.7. The van der Waals surface area contributed by atoms with Crippen molar-refractivity contribution < 1.29 is 18.7 Å². The van der Waals surface area contributed by atoms with E-state index in [1.54, 1.807) is 24.4 Å². The molecule has 0 bridgehead atoms. The predicted octanol–water partition coefficient (Wildman–Crippen LogP) is 5.47. The maximum atomic E-state index is 13.3. The number of esters is 1. The minimum Gasteiger partial charge on any atom is -0.462 e. The number of hydrogen-bond donors (Lipinski definition) is 1. The fourth-order valence-electron chi connectivity index (χ4n) is 3.46. The molecule has 1 N–H and O–H groups in total. The Kier molecular flexibility index (Phi) is 5.45. The number of amides is 1. The lowest BCUT2D eigenvalue weighted by Gasteiger charge is -2.09. The molecule has 0 saturated heterocycles. The molecule has 6 heteroatoms. The molecule has 2 aromatic carbocycles. The highest BCUT2D eigenvalue weighted by atomic mass is 32.1.